The molecule has 1 rings (SSSR count). The molecular weight excluding hydrogens is 207 g/mol. The molecule has 0 amide bonds. The molecule has 0 spiro atoms. The highest BCUT2D eigenvalue weighted by Gasteiger charge is 2.40. The van der Waals surface area contributed by atoms with Gasteiger partial charge < -0.3 is 0 Å². The number of pyridine rings is 1. The number of aromatic nitrogens is 1. The van der Waals surface area contributed by atoms with Crippen LogP contribution in [0.5, 0.6) is 0 Å². The van der Waals surface area contributed by atoms with Crippen LogP contribution in [0.2, 0.25) is 5.02 Å². The van der Waals surface area contributed by atoms with E-state index in [1.807, 2.05) is 0 Å². The average Bonchev–Trinajstić information content (AvgIpc) is 2.02. The Morgan fingerprint density at radius 1 is 1.46 bits per heavy atom. The number of carbonyl (C=O) groups excluding carboxylic acids is 1. The number of Topliss-reactive ketones (excluding diaryl/α,β-unsaturated/α-hetero) is 1. The van der Waals surface area contributed by atoms with Gasteiger partial charge in [0.05, 0.1) is 10.6 Å². The van der Waals surface area contributed by atoms with E-state index >= 15 is 0 Å². The second-order valence-corrected chi connectivity index (χ2v) is 2.59. The quantitative estimate of drug-likeness (QED) is 0.665. The van der Waals surface area contributed by atoms with E-state index in [1.165, 1.54) is 6.20 Å². The highest BCUT2D eigenvalue weighted by Crippen LogP contribution is 2.24. The molecule has 0 aliphatic rings. The number of nitrogens with zero attached hydrogens (tertiary/aromatic N) is 1. The van der Waals surface area contributed by atoms with Crippen molar-refractivity contribution in [3.8, 4) is 0 Å². The number of ketones is 1. The number of hydrogen-bond donors (Lipinski definition) is 0. The van der Waals surface area contributed by atoms with Crippen molar-refractivity contribution in [1.29, 1.82) is 0 Å². The van der Waals surface area contributed by atoms with Gasteiger partial charge in [-0.1, -0.05) is 11.6 Å². The molecule has 6 heteroatoms. The predicted molar refractivity (Wildman–Crippen MR) is 39.6 cm³/mol. The predicted octanol–water partition coefficient (Wildman–Crippen LogP) is 2.48. The molecule has 0 fully saturated rings. The lowest BCUT2D eigenvalue weighted by Gasteiger charge is -2.05. The maximum Gasteiger partial charge on any atom is 0.454 e. The summed E-state index contributed by atoms with van der Waals surface area (Å²) in [7, 11) is 0. The molecule has 0 aliphatic carbocycles. The Balaban J connectivity index is 3.10. The van der Waals surface area contributed by atoms with Crippen LogP contribution in [0.1, 0.15) is 10.4 Å². The lowest BCUT2D eigenvalue weighted by atomic mass is 10.2. The number of hydrogen-bond acceptors (Lipinski definition) is 2. The van der Waals surface area contributed by atoms with Crippen molar-refractivity contribution in [3.05, 3.63) is 29.0 Å². The van der Waals surface area contributed by atoms with Gasteiger partial charge in [-0.05, 0) is 6.07 Å². The zero-order valence-corrected chi connectivity index (χ0v) is 6.86. The van der Waals surface area contributed by atoms with E-state index in [0.29, 0.717) is 0 Å². The van der Waals surface area contributed by atoms with Crippen LogP contribution >= 0.6 is 11.6 Å². The Morgan fingerprint density at radius 2 is 2.08 bits per heavy atom. The van der Waals surface area contributed by atoms with Gasteiger partial charge in [0.1, 0.15) is 0 Å². The first-order valence-corrected chi connectivity index (χ1v) is 3.52. The van der Waals surface area contributed by atoms with Crippen LogP contribution in [0, 0.1) is 0 Å². The number of halogens is 4. The van der Waals surface area contributed by atoms with Crippen LogP contribution in [0.15, 0.2) is 18.5 Å². The standard InChI is InChI=1S/C7H3ClF3NO/c8-5-1-2-12-3-4(5)6(13)7(9,10)11/h1-3H. The third kappa shape index (κ3) is 2.18. The maximum absolute atomic E-state index is 11.9. The Morgan fingerprint density at radius 3 is 2.54 bits per heavy atom. The molecule has 0 aromatic carbocycles. The molecule has 1 heterocycles. The molecule has 0 aliphatic heterocycles. The Bertz CT molecular complexity index is 337. The molecule has 0 atom stereocenters. The van der Waals surface area contributed by atoms with Crippen LogP contribution < -0.4 is 0 Å². The molecule has 0 unspecified atom stereocenters. The molecule has 1 aromatic heterocycles. The molecular formula is C7H3ClF3NO. The van der Waals surface area contributed by atoms with Gasteiger partial charge in [0.25, 0.3) is 5.78 Å². The molecule has 13 heavy (non-hydrogen) atoms. The van der Waals surface area contributed by atoms with Crippen molar-refractivity contribution in [1.82, 2.24) is 4.98 Å². The lowest BCUT2D eigenvalue weighted by Crippen LogP contribution is -2.23. The molecule has 0 bridgehead atoms. The summed E-state index contributed by atoms with van der Waals surface area (Å²) in [5, 5.41) is -0.252. The Hall–Kier alpha value is -1.10. The van der Waals surface area contributed by atoms with Crippen molar-refractivity contribution < 1.29 is 18.0 Å². The monoisotopic (exact) mass is 209 g/mol. The van der Waals surface area contributed by atoms with Gasteiger partial charge in [0, 0.05) is 12.4 Å². The largest absolute Gasteiger partial charge is 0.454 e. The Kier molecular flexibility index (Phi) is 2.56. The summed E-state index contributed by atoms with van der Waals surface area (Å²) in [5.41, 5.74) is -0.628. The van der Waals surface area contributed by atoms with Crippen LogP contribution in [-0.4, -0.2) is 16.9 Å². The molecule has 2 nitrogen and oxygen atoms in total. The zero-order valence-electron chi connectivity index (χ0n) is 6.10. The summed E-state index contributed by atoms with van der Waals surface area (Å²) < 4.78 is 35.6. The fraction of sp³-hybridized carbons (Fsp3) is 0.143. The van der Waals surface area contributed by atoms with Crippen molar-refractivity contribution in [2.45, 2.75) is 6.18 Å². The minimum absolute atomic E-state index is 0.252. The number of rotatable bonds is 1. The van der Waals surface area contributed by atoms with E-state index in [2.05, 4.69) is 4.98 Å². The average molecular weight is 210 g/mol. The van der Waals surface area contributed by atoms with E-state index in [0.717, 1.165) is 12.3 Å². The van der Waals surface area contributed by atoms with Crippen LogP contribution in [-0.2, 0) is 0 Å². The van der Waals surface area contributed by atoms with Crippen molar-refractivity contribution in [3.63, 3.8) is 0 Å². The molecule has 70 valence electrons. The van der Waals surface area contributed by atoms with E-state index in [9.17, 15) is 18.0 Å². The van der Waals surface area contributed by atoms with Crippen molar-refractivity contribution in [2.24, 2.45) is 0 Å². The first-order chi connectivity index (χ1) is 5.93. The highest BCUT2D eigenvalue weighted by atomic mass is 35.5. The molecule has 0 saturated carbocycles. The van der Waals surface area contributed by atoms with E-state index in [1.54, 1.807) is 0 Å². The van der Waals surface area contributed by atoms with E-state index < -0.39 is 17.5 Å². The summed E-state index contributed by atoms with van der Waals surface area (Å²) >= 11 is 5.36. The van der Waals surface area contributed by atoms with Gasteiger partial charge in [0.2, 0.25) is 0 Å². The van der Waals surface area contributed by atoms with Gasteiger partial charge in [-0.15, -0.1) is 0 Å². The van der Waals surface area contributed by atoms with E-state index in [-0.39, 0.29) is 5.02 Å². The second kappa shape index (κ2) is 3.33. The third-order valence-electron chi connectivity index (χ3n) is 1.27. The summed E-state index contributed by atoms with van der Waals surface area (Å²) in [6.45, 7) is 0. The van der Waals surface area contributed by atoms with Crippen molar-refractivity contribution in [2.75, 3.05) is 0 Å². The number of alkyl halides is 3. The fourth-order valence-corrected chi connectivity index (χ4v) is 0.888. The molecule has 0 saturated heterocycles. The minimum atomic E-state index is -4.91. The normalized spacial score (nSPS) is 11.4. The number of carbonyl (C=O) groups is 1. The third-order valence-corrected chi connectivity index (χ3v) is 1.60. The first-order valence-electron chi connectivity index (χ1n) is 3.14. The minimum Gasteiger partial charge on any atom is -0.284 e. The van der Waals surface area contributed by atoms with Gasteiger partial charge in [-0.2, -0.15) is 13.2 Å². The van der Waals surface area contributed by atoms with E-state index in [4.69, 9.17) is 11.6 Å². The van der Waals surface area contributed by atoms with Crippen LogP contribution in [0.4, 0.5) is 13.2 Å². The summed E-state index contributed by atoms with van der Waals surface area (Å²) in [6, 6.07) is 1.13. The van der Waals surface area contributed by atoms with Gasteiger partial charge in [0.15, 0.2) is 0 Å². The zero-order chi connectivity index (χ0) is 10.1. The SMILES string of the molecule is O=C(c1cnccc1Cl)C(F)(F)F. The van der Waals surface area contributed by atoms with Crippen molar-refractivity contribution >= 4 is 17.4 Å². The van der Waals surface area contributed by atoms with Gasteiger partial charge >= 0.3 is 6.18 Å². The molecule has 1 aromatic rings. The fourth-order valence-electron chi connectivity index (χ4n) is 0.697. The summed E-state index contributed by atoms with van der Waals surface area (Å²) in [6.07, 6.45) is -2.92. The van der Waals surface area contributed by atoms with Crippen LogP contribution in [0.25, 0.3) is 0 Å². The van der Waals surface area contributed by atoms with Gasteiger partial charge in [-0.3, -0.25) is 9.78 Å². The summed E-state index contributed by atoms with van der Waals surface area (Å²) in [4.78, 5) is 14.0. The van der Waals surface area contributed by atoms with Crippen LogP contribution in [0.3, 0.4) is 0 Å². The lowest BCUT2D eigenvalue weighted by molar-refractivity contribution is -0.0885. The molecule has 0 radical (unpaired) electrons. The second-order valence-electron chi connectivity index (χ2n) is 2.18. The topological polar surface area (TPSA) is 30.0 Å². The maximum atomic E-state index is 11.9. The smallest absolute Gasteiger partial charge is 0.284 e. The summed E-state index contributed by atoms with van der Waals surface area (Å²) in [5.74, 6) is -1.98. The highest BCUT2D eigenvalue weighted by molar-refractivity contribution is 6.34. The van der Waals surface area contributed by atoms with Gasteiger partial charge in [-0.25, -0.2) is 0 Å². The first kappa shape index (κ1) is 9.98. The Labute approximate surface area is 76.3 Å². The molecule has 0 N–H and O–H groups in total.